The Balaban J connectivity index is 2.11. The Kier molecular flexibility index (Phi) is 6.40. The maximum Gasteiger partial charge on any atom is 0.240 e. The van der Waals surface area contributed by atoms with Crippen LogP contribution in [0.3, 0.4) is 0 Å². The molecule has 1 saturated heterocycles. The molecule has 1 fully saturated rings. The Bertz CT molecular complexity index is 455. The van der Waals surface area contributed by atoms with Gasteiger partial charge in [0.15, 0.2) is 0 Å². The van der Waals surface area contributed by atoms with Crippen LogP contribution in [0.15, 0.2) is 30.3 Å². The molecular formula is C18H29N3O. The molecule has 22 heavy (non-hydrogen) atoms. The van der Waals surface area contributed by atoms with Crippen molar-refractivity contribution in [1.29, 1.82) is 0 Å². The van der Waals surface area contributed by atoms with Crippen molar-refractivity contribution in [3.8, 4) is 0 Å². The lowest BCUT2D eigenvalue weighted by Gasteiger charge is -2.38. The summed E-state index contributed by atoms with van der Waals surface area (Å²) in [6.45, 7) is 11.6. The molecule has 1 heterocycles. The summed E-state index contributed by atoms with van der Waals surface area (Å²) in [5.41, 5.74) is 1.27. The van der Waals surface area contributed by atoms with Crippen LogP contribution < -0.4 is 5.32 Å². The van der Waals surface area contributed by atoms with Crippen molar-refractivity contribution in [1.82, 2.24) is 15.1 Å². The SMILES string of the molecule is CCN(Cc1ccccc1)C(C(=O)N1CCNCC1)C(C)C. The van der Waals surface area contributed by atoms with E-state index < -0.39 is 0 Å². The third-order valence-electron chi connectivity index (χ3n) is 4.34. The maximum atomic E-state index is 13.0. The standard InChI is InChI=1S/C18H29N3O/c1-4-20(14-16-8-6-5-7-9-16)17(15(2)3)18(22)21-12-10-19-11-13-21/h5-9,15,17,19H,4,10-14H2,1-3H3. The van der Waals surface area contributed by atoms with Crippen molar-refractivity contribution in [2.75, 3.05) is 32.7 Å². The molecule has 0 aliphatic carbocycles. The number of nitrogens with one attached hydrogen (secondary N) is 1. The Hall–Kier alpha value is -1.39. The third-order valence-corrected chi connectivity index (χ3v) is 4.34. The molecule has 0 spiro atoms. The van der Waals surface area contributed by atoms with E-state index in [4.69, 9.17) is 0 Å². The maximum absolute atomic E-state index is 13.0. The minimum atomic E-state index is -0.0386. The van der Waals surface area contributed by atoms with Gasteiger partial charge in [0.1, 0.15) is 0 Å². The smallest absolute Gasteiger partial charge is 0.240 e. The molecule has 2 rings (SSSR count). The van der Waals surface area contributed by atoms with Crippen LogP contribution in [0.1, 0.15) is 26.3 Å². The highest BCUT2D eigenvalue weighted by atomic mass is 16.2. The molecule has 4 nitrogen and oxygen atoms in total. The summed E-state index contributed by atoms with van der Waals surface area (Å²) in [7, 11) is 0. The first-order chi connectivity index (χ1) is 10.6. The summed E-state index contributed by atoms with van der Waals surface area (Å²) in [5, 5.41) is 3.31. The number of nitrogens with zero attached hydrogens (tertiary/aromatic N) is 2. The third kappa shape index (κ3) is 4.31. The highest BCUT2D eigenvalue weighted by Crippen LogP contribution is 2.17. The van der Waals surface area contributed by atoms with Gasteiger partial charge in [-0.15, -0.1) is 0 Å². The first-order valence-corrected chi connectivity index (χ1v) is 8.41. The Morgan fingerprint density at radius 2 is 1.86 bits per heavy atom. The number of likely N-dealkylation sites (N-methyl/N-ethyl adjacent to an activating group) is 1. The zero-order valence-corrected chi connectivity index (χ0v) is 14.1. The second-order valence-corrected chi connectivity index (χ2v) is 6.31. The number of piperazine rings is 1. The summed E-state index contributed by atoms with van der Waals surface area (Å²) in [5.74, 6) is 0.598. The number of carbonyl (C=O) groups is 1. The van der Waals surface area contributed by atoms with Crippen molar-refractivity contribution in [3.05, 3.63) is 35.9 Å². The fourth-order valence-electron chi connectivity index (χ4n) is 3.16. The monoisotopic (exact) mass is 303 g/mol. The van der Waals surface area contributed by atoms with Crippen LogP contribution >= 0.6 is 0 Å². The fraction of sp³-hybridized carbons (Fsp3) is 0.611. The van der Waals surface area contributed by atoms with Crippen LogP contribution in [-0.2, 0) is 11.3 Å². The van der Waals surface area contributed by atoms with E-state index in [-0.39, 0.29) is 11.9 Å². The summed E-state index contributed by atoms with van der Waals surface area (Å²) >= 11 is 0. The van der Waals surface area contributed by atoms with Crippen LogP contribution in [0.25, 0.3) is 0 Å². The Morgan fingerprint density at radius 3 is 2.41 bits per heavy atom. The molecule has 1 aromatic rings. The largest absolute Gasteiger partial charge is 0.339 e. The number of carbonyl (C=O) groups excluding carboxylic acids is 1. The molecule has 4 heteroatoms. The van der Waals surface area contributed by atoms with Crippen molar-refractivity contribution >= 4 is 5.91 Å². The lowest BCUT2D eigenvalue weighted by molar-refractivity contribution is -0.139. The minimum Gasteiger partial charge on any atom is -0.339 e. The van der Waals surface area contributed by atoms with E-state index in [0.29, 0.717) is 5.92 Å². The minimum absolute atomic E-state index is 0.0386. The average molecular weight is 303 g/mol. The van der Waals surface area contributed by atoms with E-state index >= 15 is 0 Å². The number of rotatable bonds is 6. The molecule has 1 N–H and O–H groups in total. The Morgan fingerprint density at radius 1 is 1.23 bits per heavy atom. The molecule has 1 unspecified atom stereocenters. The van der Waals surface area contributed by atoms with Gasteiger partial charge in [-0.3, -0.25) is 9.69 Å². The predicted molar refractivity (Wildman–Crippen MR) is 90.6 cm³/mol. The molecule has 1 aliphatic heterocycles. The molecule has 0 aromatic heterocycles. The molecule has 1 amide bonds. The molecule has 0 bridgehead atoms. The number of benzene rings is 1. The van der Waals surface area contributed by atoms with E-state index in [9.17, 15) is 4.79 Å². The molecule has 0 saturated carbocycles. The van der Waals surface area contributed by atoms with E-state index in [0.717, 1.165) is 39.3 Å². The van der Waals surface area contributed by atoms with Crippen molar-refractivity contribution < 1.29 is 4.79 Å². The molecule has 1 atom stereocenters. The fourth-order valence-corrected chi connectivity index (χ4v) is 3.16. The van der Waals surface area contributed by atoms with E-state index in [1.165, 1.54) is 5.56 Å². The zero-order chi connectivity index (χ0) is 15.9. The van der Waals surface area contributed by atoms with Crippen LogP contribution in [0.5, 0.6) is 0 Å². The summed E-state index contributed by atoms with van der Waals surface area (Å²) in [6.07, 6.45) is 0. The number of hydrogen-bond acceptors (Lipinski definition) is 3. The van der Waals surface area contributed by atoms with Gasteiger partial charge in [-0.05, 0) is 18.0 Å². The van der Waals surface area contributed by atoms with Crippen LogP contribution in [0.2, 0.25) is 0 Å². The van der Waals surface area contributed by atoms with Crippen LogP contribution in [0.4, 0.5) is 0 Å². The quantitative estimate of drug-likeness (QED) is 0.873. The number of hydrogen-bond donors (Lipinski definition) is 1. The lowest BCUT2D eigenvalue weighted by atomic mass is 9.99. The van der Waals surface area contributed by atoms with Gasteiger partial charge in [-0.1, -0.05) is 51.1 Å². The van der Waals surface area contributed by atoms with Gasteiger partial charge >= 0.3 is 0 Å². The Labute approximate surface area is 134 Å². The van der Waals surface area contributed by atoms with E-state index in [1.54, 1.807) is 0 Å². The topological polar surface area (TPSA) is 35.6 Å². The highest BCUT2D eigenvalue weighted by Gasteiger charge is 2.32. The second-order valence-electron chi connectivity index (χ2n) is 6.31. The first-order valence-electron chi connectivity index (χ1n) is 8.41. The predicted octanol–water partition coefficient (Wildman–Crippen LogP) is 1.96. The molecule has 1 aromatic carbocycles. The van der Waals surface area contributed by atoms with Gasteiger partial charge in [0, 0.05) is 32.7 Å². The van der Waals surface area contributed by atoms with E-state index in [1.807, 2.05) is 11.0 Å². The summed E-state index contributed by atoms with van der Waals surface area (Å²) in [4.78, 5) is 17.3. The van der Waals surface area contributed by atoms with E-state index in [2.05, 4.69) is 55.3 Å². The van der Waals surface area contributed by atoms with Gasteiger partial charge in [0.05, 0.1) is 6.04 Å². The zero-order valence-electron chi connectivity index (χ0n) is 14.1. The normalized spacial score (nSPS) is 17.0. The molecule has 0 radical (unpaired) electrons. The summed E-state index contributed by atoms with van der Waals surface area (Å²) in [6, 6.07) is 10.4. The highest BCUT2D eigenvalue weighted by molar-refractivity contribution is 5.82. The van der Waals surface area contributed by atoms with Gasteiger partial charge < -0.3 is 10.2 Å². The second kappa shape index (κ2) is 8.30. The number of amides is 1. The van der Waals surface area contributed by atoms with Gasteiger partial charge in [0.25, 0.3) is 0 Å². The van der Waals surface area contributed by atoms with Gasteiger partial charge in [-0.2, -0.15) is 0 Å². The average Bonchev–Trinajstić information content (AvgIpc) is 2.55. The van der Waals surface area contributed by atoms with Gasteiger partial charge in [-0.25, -0.2) is 0 Å². The van der Waals surface area contributed by atoms with Crippen molar-refractivity contribution in [3.63, 3.8) is 0 Å². The molecular weight excluding hydrogens is 274 g/mol. The van der Waals surface area contributed by atoms with Gasteiger partial charge in [0.2, 0.25) is 5.91 Å². The van der Waals surface area contributed by atoms with Crippen LogP contribution in [-0.4, -0.2) is 54.5 Å². The van der Waals surface area contributed by atoms with Crippen molar-refractivity contribution in [2.45, 2.75) is 33.4 Å². The van der Waals surface area contributed by atoms with Crippen molar-refractivity contribution in [2.24, 2.45) is 5.92 Å². The molecule has 122 valence electrons. The summed E-state index contributed by atoms with van der Waals surface area (Å²) < 4.78 is 0. The lowest BCUT2D eigenvalue weighted by Crippen LogP contribution is -2.55. The molecule has 1 aliphatic rings. The van der Waals surface area contributed by atoms with Crippen LogP contribution in [0, 0.1) is 5.92 Å². The first kappa shape index (κ1) is 17.0.